The summed E-state index contributed by atoms with van der Waals surface area (Å²) in [6, 6.07) is 20.6. The first kappa shape index (κ1) is 18.3. The number of para-hydroxylation sites is 1. The summed E-state index contributed by atoms with van der Waals surface area (Å²) >= 11 is 6.01. The minimum Gasteiger partial charge on any atom is -0.452 e. The van der Waals surface area contributed by atoms with Gasteiger partial charge in [0.1, 0.15) is 17.3 Å². The van der Waals surface area contributed by atoms with E-state index in [0.717, 1.165) is 11.3 Å². The van der Waals surface area contributed by atoms with Gasteiger partial charge in [0.15, 0.2) is 5.76 Å². The van der Waals surface area contributed by atoms with Crippen molar-refractivity contribution >= 4 is 23.5 Å². The van der Waals surface area contributed by atoms with Crippen molar-refractivity contribution in [3.05, 3.63) is 107 Å². The Labute approximate surface area is 176 Å². The lowest BCUT2D eigenvalue weighted by Crippen LogP contribution is -1.98. The molecule has 1 aromatic heterocycles. The Kier molecular flexibility index (Phi) is 4.45. The first-order valence-corrected chi connectivity index (χ1v) is 9.61. The number of aromatic nitrogens is 2. The molecule has 0 unspecified atom stereocenters. The number of carbonyl (C=O) groups excluding carboxylic acids is 1. The van der Waals surface area contributed by atoms with Gasteiger partial charge in [-0.05, 0) is 60.7 Å². The van der Waals surface area contributed by atoms with Gasteiger partial charge >= 0.3 is 0 Å². The van der Waals surface area contributed by atoms with E-state index in [4.69, 9.17) is 16.3 Å². The van der Waals surface area contributed by atoms with E-state index in [9.17, 15) is 9.18 Å². The van der Waals surface area contributed by atoms with Crippen LogP contribution in [0.2, 0.25) is 5.02 Å². The van der Waals surface area contributed by atoms with E-state index in [0.29, 0.717) is 27.6 Å². The quantitative estimate of drug-likeness (QED) is 0.388. The number of nitrogens with zero attached hydrogens (tertiary/aromatic N) is 2. The average Bonchev–Trinajstić information content (AvgIpc) is 3.31. The molecule has 1 aliphatic heterocycles. The normalized spacial score (nSPS) is 14.1. The Morgan fingerprint density at radius 1 is 1.00 bits per heavy atom. The van der Waals surface area contributed by atoms with Crippen molar-refractivity contribution in [1.82, 2.24) is 9.78 Å². The van der Waals surface area contributed by atoms with Gasteiger partial charge in [0, 0.05) is 22.3 Å². The highest BCUT2D eigenvalue weighted by atomic mass is 35.5. The summed E-state index contributed by atoms with van der Waals surface area (Å²) in [6.07, 6.45) is 3.47. The van der Waals surface area contributed by atoms with Crippen molar-refractivity contribution in [1.29, 1.82) is 0 Å². The van der Waals surface area contributed by atoms with Crippen LogP contribution < -0.4 is 4.74 Å². The summed E-state index contributed by atoms with van der Waals surface area (Å²) in [5.41, 5.74) is 3.29. The molecule has 1 aliphatic rings. The van der Waals surface area contributed by atoms with E-state index in [1.54, 1.807) is 41.1 Å². The summed E-state index contributed by atoms with van der Waals surface area (Å²) in [7, 11) is 0. The summed E-state index contributed by atoms with van der Waals surface area (Å²) < 4.78 is 20.9. The number of halogens is 2. The molecule has 0 spiro atoms. The largest absolute Gasteiger partial charge is 0.452 e. The molecule has 0 radical (unpaired) electrons. The fraction of sp³-hybridized carbons (Fsp3) is 0. The molecule has 0 saturated carbocycles. The van der Waals surface area contributed by atoms with Crippen LogP contribution in [-0.4, -0.2) is 15.6 Å². The van der Waals surface area contributed by atoms with Crippen molar-refractivity contribution in [3.63, 3.8) is 0 Å². The second kappa shape index (κ2) is 7.28. The van der Waals surface area contributed by atoms with E-state index in [1.165, 1.54) is 12.1 Å². The molecule has 5 rings (SSSR count). The van der Waals surface area contributed by atoms with E-state index in [1.807, 2.05) is 36.5 Å². The third kappa shape index (κ3) is 3.29. The zero-order valence-corrected chi connectivity index (χ0v) is 16.3. The third-order valence-corrected chi connectivity index (χ3v) is 5.03. The number of Topliss-reactive ketones (excluding diaryl/α,β-unsaturated/α-hetero) is 1. The minimum atomic E-state index is -0.331. The van der Waals surface area contributed by atoms with Crippen molar-refractivity contribution in [2.24, 2.45) is 0 Å². The smallest absolute Gasteiger partial charge is 0.232 e. The van der Waals surface area contributed by atoms with E-state index < -0.39 is 0 Å². The number of fused-ring (bicyclic) bond motifs is 1. The number of allylic oxidation sites excluding steroid dienone is 1. The van der Waals surface area contributed by atoms with E-state index in [-0.39, 0.29) is 17.4 Å². The Bertz CT molecular complexity index is 1290. The topological polar surface area (TPSA) is 44.1 Å². The molecule has 0 saturated heterocycles. The van der Waals surface area contributed by atoms with Gasteiger partial charge in [-0.25, -0.2) is 9.07 Å². The van der Waals surface area contributed by atoms with Gasteiger partial charge in [-0.15, -0.1) is 0 Å². The molecule has 0 aliphatic carbocycles. The molecule has 30 heavy (non-hydrogen) atoms. The van der Waals surface area contributed by atoms with Gasteiger partial charge in [-0.2, -0.15) is 5.10 Å². The molecule has 0 fully saturated rings. The van der Waals surface area contributed by atoms with Crippen LogP contribution in [0, 0.1) is 5.82 Å². The van der Waals surface area contributed by atoms with Gasteiger partial charge in [-0.3, -0.25) is 4.79 Å². The highest BCUT2D eigenvalue weighted by Crippen LogP contribution is 2.35. The number of hydrogen-bond acceptors (Lipinski definition) is 3. The SMILES string of the molecule is O=C1/C(=C/c2cn(-c3ccccc3)nc2-c2ccc(F)cc2)Oc2ccc(Cl)cc21. The monoisotopic (exact) mass is 416 g/mol. The molecular weight excluding hydrogens is 403 g/mol. The summed E-state index contributed by atoms with van der Waals surface area (Å²) in [5, 5.41) is 5.14. The fourth-order valence-electron chi connectivity index (χ4n) is 3.34. The molecule has 146 valence electrons. The molecular formula is C24H14ClFN2O2. The van der Waals surface area contributed by atoms with E-state index >= 15 is 0 Å². The molecule has 2 heterocycles. The zero-order valence-electron chi connectivity index (χ0n) is 15.5. The third-order valence-electron chi connectivity index (χ3n) is 4.80. The van der Waals surface area contributed by atoms with Gasteiger partial charge in [0.05, 0.1) is 11.3 Å². The van der Waals surface area contributed by atoms with Crippen LogP contribution in [0.25, 0.3) is 23.0 Å². The van der Waals surface area contributed by atoms with Crippen molar-refractivity contribution in [2.45, 2.75) is 0 Å². The molecule has 0 atom stereocenters. The number of rotatable bonds is 3. The first-order valence-electron chi connectivity index (χ1n) is 9.23. The first-order chi connectivity index (χ1) is 14.6. The van der Waals surface area contributed by atoms with Crippen LogP contribution in [0.5, 0.6) is 5.75 Å². The van der Waals surface area contributed by atoms with Crippen molar-refractivity contribution in [3.8, 4) is 22.7 Å². The maximum Gasteiger partial charge on any atom is 0.232 e. The minimum absolute atomic E-state index is 0.184. The van der Waals surface area contributed by atoms with Crippen LogP contribution in [0.15, 0.2) is 84.8 Å². The Hall–Kier alpha value is -3.70. The van der Waals surface area contributed by atoms with Gasteiger partial charge < -0.3 is 4.74 Å². The lowest BCUT2D eigenvalue weighted by atomic mass is 10.1. The van der Waals surface area contributed by atoms with Gasteiger partial charge in [-0.1, -0.05) is 29.8 Å². The molecule has 4 aromatic rings. The molecule has 4 nitrogen and oxygen atoms in total. The summed E-state index contributed by atoms with van der Waals surface area (Å²) in [6.45, 7) is 0. The second-order valence-electron chi connectivity index (χ2n) is 6.80. The predicted molar refractivity (Wildman–Crippen MR) is 113 cm³/mol. The number of benzene rings is 3. The van der Waals surface area contributed by atoms with Gasteiger partial charge in [0.25, 0.3) is 0 Å². The summed E-state index contributed by atoms with van der Waals surface area (Å²) in [4.78, 5) is 12.8. The standard InChI is InChI=1S/C24H14ClFN2O2/c25-17-8-11-21-20(13-17)24(29)22(30-21)12-16-14-28(19-4-2-1-3-5-19)27-23(16)15-6-9-18(26)10-7-15/h1-14H/b22-12-. The van der Waals surface area contributed by atoms with Crippen molar-refractivity contribution in [2.75, 3.05) is 0 Å². The lowest BCUT2D eigenvalue weighted by Gasteiger charge is -2.01. The second-order valence-corrected chi connectivity index (χ2v) is 7.24. The Morgan fingerprint density at radius 3 is 2.53 bits per heavy atom. The molecule has 0 amide bonds. The van der Waals surface area contributed by atoms with Crippen LogP contribution in [-0.2, 0) is 0 Å². The lowest BCUT2D eigenvalue weighted by molar-refractivity contribution is 0.101. The molecule has 0 bridgehead atoms. The number of ketones is 1. The highest BCUT2D eigenvalue weighted by Gasteiger charge is 2.28. The predicted octanol–water partition coefficient (Wildman–Crippen LogP) is 5.95. The van der Waals surface area contributed by atoms with Crippen LogP contribution in [0.3, 0.4) is 0 Å². The number of hydrogen-bond donors (Lipinski definition) is 0. The zero-order chi connectivity index (χ0) is 20.7. The maximum absolute atomic E-state index is 13.4. The van der Waals surface area contributed by atoms with Gasteiger partial charge in [0.2, 0.25) is 5.78 Å². The van der Waals surface area contributed by atoms with Crippen LogP contribution >= 0.6 is 11.6 Å². The van der Waals surface area contributed by atoms with Crippen molar-refractivity contribution < 1.29 is 13.9 Å². The molecule has 3 aromatic carbocycles. The summed E-state index contributed by atoms with van der Waals surface area (Å²) in [5.74, 6) is 0.0745. The highest BCUT2D eigenvalue weighted by molar-refractivity contribution is 6.31. The average molecular weight is 417 g/mol. The fourth-order valence-corrected chi connectivity index (χ4v) is 3.51. The van der Waals surface area contributed by atoms with Crippen LogP contribution in [0.1, 0.15) is 15.9 Å². The van der Waals surface area contributed by atoms with Crippen LogP contribution in [0.4, 0.5) is 4.39 Å². The molecule has 0 N–H and O–H groups in total. The Balaban J connectivity index is 1.62. The number of ether oxygens (including phenoxy) is 1. The van der Waals surface area contributed by atoms with E-state index in [2.05, 4.69) is 5.10 Å². The molecule has 6 heteroatoms. The Morgan fingerprint density at radius 2 is 1.77 bits per heavy atom. The number of carbonyl (C=O) groups is 1. The maximum atomic E-state index is 13.4.